The highest BCUT2D eigenvalue weighted by Crippen LogP contribution is 2.49. The van der Waals surface area contributed by atoms with Crippen LogP contribution in [0.2, 0.25) is 5.02 Å². The molecule has 10 nitrogen and oxygen atoms in total. The summed E-state index contributed by atoms with van der Waals surface area (Å²) in [7, 11) is 0. The van der Waals surface area contributed by atoms with Crippen LogP contribution < -0.4 is 15.4 Å². The van der Waals surface area contributed by atoms with E-state index in [9.17, 15) is 14.7 Å². The molecule has 1 amide bonds. The van der Waals surface area contributed by atoms with Crippen molar-refractivity contribution < 1.29 is 19.4 Å². The molecule has 0 radical (unpaired) electrons. The number of H-pyrrole nitrogens is 1. The third-order valence-electron chi connectivity index (χ3n) is 8.12. The Kier molecular flexibility index (Phi) is 9.97. The number of halogens is 1. The fourth-order valence-electron chi connectivity index (χ4n) is 5.48. The second kappa shape index (κ2) is 14.0. The minimum Gasteiger partial charge on any atom is -0.492 e. The lowest BCUT2D eigenvalue weighted by Crippen LogP contribution is -2.47. The number of amides is 1. The van der Waals surface area contributed by atoms with Crippen molar-refractivity contribution in [2.24, 2.45) is 0 Å². The third-order valence-corrected chi connectivity index (χ3v) is 8.41. The highest BCUT2D eigenvalue weighted by molar-refractivity contribution is 6.31. The lowest BCUT2D eigenvalue weighted by atomic mass is 10.0. The Morgan fingerprint density at radius 2 is 1.95 bits per heavy atom. The second-order valence-corrected chi connectivity index (χ2v) is 11.5. The predicted octanol–water partition coefficient (Wildman–Crippen LogP) is 4.21. The first-order valence-corrected chi connectivity index (χ1v) is 15.2. The van der Waals surface area contributed by atoms with E-state index in [1.165, 1.54) is 11.8 Å². The number of anilines is 1. The zero-order valence-corrected chi connectivity index (χ0v) is 24.5. The number of aliphatic carboxylic acids is 1. The Morgan fingerprint density at radius 1 is 1.12 bits per heavy atom. The van der Waals surface area contributed by atoms with Crippen molar-refractivity contribution in [1.82, 2.24) is 25.4 Å². The van der Waals surface area contributed by atoms with E-state index in [0.29, 0.717) is 43.3 Å². The maximum Gasteiger partial charge on any atom is 0.326 e. The quantitative estimate of drug-likeness (QED) is 0.181. The topological polar surface area (TPSA) is 132 Å². The van der Waals surface area contributed by atoms with Gasteiger partial charge in [0.1, 0.15) is 24.2 Å². The monoisotopic (exact) mass is 594 g/mol. The van der Waals surface area contributed by atoms with Gasteiger partial charge in [0.15, 0.2) is 0 Å². The average Bonchev–Trinajstić information content (AvgIpc) is 3.70. The molecule has 0 bridgehead atoms. The van der Waals surface area contributed by atoms with Gasteiger partial charge >= 0.3 is 5.97 Å². The van der Waals surface area contributed by atoms with Crippen LogP contribution in [-0.2, 0) is 27.8 Å². The molecule has 1 aliphatic heterocycles. The molecule has 1 aliphatic carbocycles. The number of fused-ring (bicyclic) bond motifs is 1. The van der Waals surface area contributed by atoms with Gasteiger partial charge in [-0.05, 0) is 81.7 Å². The number of carboxylic acid groups (broad SMARTS) is 1. The molecule has 4 N–H and O–H groups in total. The maximum absolute atomic E-state index is 13.2. The number of aromatic amines is 1. The van der Waals surface area contributed by atoms with Gasteiger partial charge in [-0.25, -0.2) is 9.78 Å². The molecule has 1 fully saturated rings. The van der Waals surface area contributed by atoms with Crippen LogP contribution in [0.15, 0.2) is 48.7 Å². The van der Waals surface area contributed by atoms with Crippen molar-refractivity contribution >= 4 is 29.3 Å². The average molecular weight is 595 g/mol. The molecule has 11 heteroatoms. The van der Waals surface area contributed by atoms with Gasteiger partial charge in [0.25, 0.3) is 0 Å². The SMILES string of the molecule is O=C(O)[C@H](CCN(CCCCc1ccc2c(n1)NCCC2)CCOc1ccccc1)NC(=O)C1(c2[nH]ncc2Cl)CC1. The Morgan fingerprint density at radius 3 is 2.69 bits per heavy atom. The summed E-state index contributed by atoms with van der Waals surface area (Å²) in [4.78, 5) is 32.3. The smallest absolute Gasteiger partial charge is 0.326 e. The van der Waals surface area contributed by atoms with E-state index in [2.05, 4.69) is 37.9 Å². The van der Waals surface area contributed by atoms with Crippen molar-refractivity contribution in [1.29, 1.82) is 0 Å². The number of para-hydroxylation sites is 1. The Balaban J connectivity index is 1.15. The number of benzene rings is 1. The van der Waals surface area contributed by atoms with Gasteiger partial charge in [0.05, 0.1) is 22.3 Å². The minimum absolute atomic E-state index is 0.275. The van der Waals surface area contributed by atoms with Gasteiger partial charge < -0.3 is 20.5 Å². The number of aryl methyl sites for hydroxylation is 2. The van der Waals surface area contributed by atoms with Crippen LogP contribution in [0, 0.1) is 0 Å². The van der Waals surface area contributed by atoms with Gasteiger partial charge in [-0.3, -0.25) is 14.8 Å². The van der Waals surface area contributed by atoms with Crippen LogP contribution in [0.4, 0.5) is 5.82 Å². The van der Waals surface area contributed by atoms with Crippen molar-refractivity contribution in [3.05, 3.63) is 70.6 Å². The standard InChI is InChI=1S/C31H39ClN6O4/c32-25-21-34-37-27(25)31(14-15-31)30(41)36-26(29(39)40)13-18-38(19-20-42-24-9-2-1-3-10-24)17-5-4-8-23-12-11-22-7-6-16-33-28(22)35-23/h1-3,9-12,21,26H,4-8,13-20H2,(H,33,35)(H,34,37)(H,36,41)(H,39,40)/t26-/m0/s1. The number of aromatic nitrogens is 3. The molecule has 1 saturated carbocycles. The molecule has 0 spiro atoms. The Hall–Kier alpha value is -3.63. The number of carboxylic acids is 1. The molecular weight excluding hydrogens is 556 g/mol. The molecular formula is C31H39ClN6O4. The molecule has 5 rings (SSSR count). The first kappa shape index (κ1) is 29.8. The molecule has 224 valence electrons. The van der Waals surface area contributed by atoms with Crippen molar-refractivity contribution in [3.8, 4) is 5.75 Å². The summed E-state index contributed by atoms with van der Waals surface area (Å²) in [5.41, 5.74) is 2.09. The maximum atomic E-state index is 13.2. The second-order valence-electron chi connectivity index (χ2n) is 11.1. The van der Waals surface area contributed by atoms with Crippen LogP contribution in [0.25, 0.3) is 0 Å². The fourth-order valence-corrected chi connectivity index (χ4v) is 5.75. The van der Waals surface area contributed by atoms with E-state index in [0.717, 1.165) is 62.5 Å². The highest BCUT2D eigenvalue weighted by Gasteiger charge is 2.54. The number of pyridine rings is 1. The van der Waals surface area contributed by atoms with Gasteiger partial charge in [0.2, 0.25) is 5.91 Å². The fraction of sp³-hybridized carbons (Fsp3) is 0.484. The van der Waals surface area contributed by atoms with Crippen LogP contribution in [0.1, 0.15) is 55.5 Å². The largest absolute Gasteiger partial charge is 0.492 e. The zero-order chi connectivity index (χ0) is 29.4. The number of nitrogens with zero attached hydrogens (tertiary/aromatic N) is 3. The van der Waals surface area contributed by atoms with Gasteiger partial charge in [-0.1, -0.05) is 35.9 Å². The molecule has 0 unspecified atom stereocenters. The lowest BCUT2D eigenvalue weighted by molar-refractivity contribution is -0.142. The van der Waals surface area contributed by atoms with Gasteiger partial charge in [0, 0.05) is 25.3 Å². The van der Waals surface area contributed by atoms with Crippen LogP contribution in [0.5, 0.6) is 5.75 Å². The van der Waals surface area contributed by atoms with E-state index in [-0.39, 0.29) is 12.3 Å². The van der Waals surface area contributed by atoms with E-state index in [1.807, 2.05) is 30.3 Å². The van der Waals surface area contributed by atoms with E-state index >= 15 is 0 Å². The first-order chi connectivity index (χ1) is 20.4. The summed E-state index contributed by atoms with van der Waals surface area (Å²) < 4.78 is 5.92. The summed E-state index contributed by atoms with van der Waals surface area (Å²) in [6.45, 7) is 3.39. The number of carbonyl (C=O) groups is 2. The normalized spacial score (nSPS) is 15.9. The first-order valence-electron chi connectivity index (χ1n) is 14.8. The summed E-state index contributed by atoms with van der Waals surface area (Å²) in [5, 5.41) is 23.2. The molecule has 0 saturated heterocycles. The number of unbranched alkanes of at least 4 members (excludes halogenated alkanes) is 1. The summed E-state index contributed by atoms with van der Waals surface area (Å²) in [6, 6.07) is 12.9. The number of rotatable bonds is 16. The molecule has 42 heavy (non-hydrogen) atoms. The molecule has 2 aliphatic rings. The predicted molar refractivity (Wildman–Crippen MR) is 161 cm³/mol. The number of ether oxygens (including phenoxy) is 1. The van der Waals surface area contributed by atoms with Gasteiger partial charge in [-0.15, -0.1) is 0 Å². The number of nitrogens with one attached hydrogen (secondary N) is 3. The summed E-state index contributed by atoms with van der Waals surface area (Å²) >= 11 is 6.22. The van der Waals surface area contributed by atoms with E-state index in [4.69, 9.17) is 21.3 Å². The van der Waals surface area contributed by atoms with Crippen LogP contribution in [-0.4, -0.2) is 75.9 Å². The molecule has 1 atom stereocenters. The number of carbonyl (C=O) groups excluding carboxylic acids is 1. The number of hydrogen-bond acceptors (Lipinski definition) is 7. The third kappa shape index (κ3) is 7.60. The summed E-state index contributed by atoms with van der Waals surface area (Å²) in [5.74, 6) is 0.435. The highest BCUT2D eigenvalue weighted by atomic mass is 35.5. The van der Waals surface area contributed by atoms with Crippen LogP contribution >= 0.6 is 11.6 Å². The molecule has 3 heterocycles. The van der Waals surface area contributed by atoms with Gasteiger partial charge in [-0.2, -0.15) is 5.10 Å². The van der Waals surface area contributed by atoms with Crippen LogP contribution in [0.3, 0.4) is 0 Å². The molecule has 1 aromatic carbocycles. The molecule has 2 aromatic heterocycles. The molecule has 3 aromatic rings. The van der Waals surface area contributed by atoms with Crippen molar-refractivity contribution in [2.75, 3.05) is 38.1 Å². The Bertz CT molecular complexity index is 1350. The van der Waals surface area contributed by atoms with E-state index < -0.39 is 17.4 Å². The summed E-state index contributed by atoms with van der Waals surface area (Å²) in [6.07, 6.45) is 7.95. The van der Waals surface area contributed by atoms with Crippen molar-refractivity contribution in [2.45, 2.75) is 62.8 Å². The Labute approximate surface area is 251 Å². The zero-order valence-electron chi connectivity index (χ0n) is 23.8. The number of hydrogen-bond donors (Lipinski definition) is 4. The minimum atomic E-state index is -1.05. The lowest BCUT2D eigenvalue weighted by Gasteiger charge is -2.25. The van der Waals surface area contributed by atoms with E-state index in [1.54, 1.807) is 0 Å². The van der Waals surface area contributed by atoms with Crippen molar-refractivity contribution in [3.63, 3.8) is 0 Å².